The van der Waals surface area contributed by atoms with E-state index in [1.807, 2.05) is 12.1 Å². The third-order valence-corrected chi connectivity index (χ3v) is 2.43. The quantitative estimate of drug-likeness (QED) is 0.852. The molecule has 2 aromatic rings. The summed E-state index contributed by atoms with van der Waals surface area (Å²) in [6, 6.07) is 11.1. The van der Waals surface area contributed by atoms with Gasteiger partial charge in [-0.25, -0.2) is 0 Å². The number of nitrogens with zero attached hydrogens (tertiary/aromatic N) is 2. The van der Waals surface area contributed by atoms with Gasteiger partial charge in [-0.15, -0.1) is 0 Å². The Labute approximate surface area is 104 Å². The molecule has 1 heterocycles. The Kier molecular flexibility index (Phi) is 3.72. The van der Waals surface area contributed by atoms with E-state index in [9.17, 15) is 4.79 Å². The number of aromatic amines is 1. The zero-order chi connectivity index (χ0) is 12.8. The van der Waals surface area contributed by atoms with Crippen LogP contribution in [0.15, 0.2) is 36.5 Å². The predicted octanol–water partition coefficient (Wildman–Crippen LogP) is 1.66. The summed E-state index contributed by atoms with van der Waals surface area (Å²) >= 11 is 0. The van der Waals surface area contributed by atoms with E-state index < -0.39 is 0 Å². The minimum atomic E-state index is -0.104. The largest absolute Gasteiger partial charge is 0.326 e. The summed E-state index contributed by atoms with van der Waals surface area (Å²) in [5, 5.41) is 17.8. The highest BCUT2D eigenvalue weighted by Crippen LogP contribution is 2.10. The number of benzene rings is 1. The van der Waals surface area contributed by atoms with E-state index >= 15 is 0 Å². The summed E-state index contributed by atoms with van der Waals surface area (Å²) in [5.74, 6) is -0.104. The lowest BCUT2D eigenvalue weighted by atomic mass is 10.1. The second-order valence-electron chi connectivity index (χ2n) is 3.84. The Morgan fingerprint density at radius 3 is 2.72 bits per heavy atom. The number of nitrogens with one attached hydrogen (secondary N) is 2. The first-order valence-corrected chi connectivity index (χ1v) is 5.52. The van der Waals surface area contributed by atoms with Gasteiger partial charge in [-0.1, -0.05) is 12.1 Å². The SMILES string of the molecule is N#CCc1ccc(NC(=O)Cc2ccn[nH]2)cc1. The van der Waals surface area contributed by atoms with Crippen molar-refractivity contribution in [1.29, 1.82) is 5.26 Å². The van der Waals surface area contributed by atoms with Crippen LogP contribution in [0.5, 0.6) is 0 Å². The van der Waals surface area contributed by atoms with Crippen molar-refractivity contribution in [3.05, 3.63) is 47.8 Å². The summed E-state index contributed by atoms with van der Waals surface area (Å²) in [4.78, 5) is 11.7. The number of hydrogen-bond donors (Lipinski definition) is 2. The number of amides is 1. The summed E-state index contributed by atoms with van der Waals surface area (Å²) in [7, 11) is 0. The molecular formula is C13H12N4O. The van der Waals surface area contributed by atoms with Gasteiger partial charge < -0.3 is 5.32 Å². The van der Waals surface area contributed by atoms with Crippen LogP contribution in [0.25, 0.3) is 0 Å². The molecule has 0 radical (unpaired) electrons. The lowest BCUT2D eigenvalue weighted by Crippen LogP contribution is -2.14. The van der Waals surface area contributed by atoms with E-state index in [1.54, 1.807) is 24.4 Å². The summed E-state index contributed by atoms with van der Waals surface area (Å²) in [6.45, 7) is 0. The standard InChI is InChI=1S/C13H12N4O/c14-7-5-10-1-3-11(4-2-10)16-13(18)9-12-6-8-15-17-12/h1-4,6,8H,5,9H2,(H,15,17)(H,16,18). The lowest BCUT2D eigenvalue weighted by molar-refractivity contribution is -0.115. The third kappa shape index (κ3) is 3.19. The zero-order valence-corrected chi connectivity index (χ0v) is 9.68. The number of nitriles is 1. The van der Waals surface area contributed by atoms with Crippen LogP contribution in [0.3, 0.4) is 0 Å². The number of aromatic nitrogens is 2. The van der Waals surface area contributed by atoms with E-state index in [0.717, 1.165) is 16.9 Å². The van der Waals surface area contributed by atoms with Crippen LogP contribution in [0.4, 0.5) is 5.69 Å². The molecule has 1 aromatic carbocycles. The van der Waals surface area contributed by atoms with Gasteiger partial charge in [-0.3, -0.25) is 9.89 Å². The molecule has 0 aliphatic rings. The van der Waals surface area contributed by atoms with Crippen LogP contribution in [0, 0.1) is 11.3 Å². The van der Waals surface area contributed by atoms with E-state index in [0.29, 0.717) is 6.42 Å². The normalized spacial score (nSPS) is 9.72. The molecular weight excluding hydrogens is 228 g/mol. The Hall–Kier alpha value is -2.61. The fourth-order valence-corrected chi connectivity index (χ4v) is 1.56. The first-order valence-electron chi connectivity index (χ1n) is 5.52. The van der Waals surface area contributed by atoms with Gasteiger partial charge in [-0.2, -0.15) is 10.4 Å². The molecule has 5 nitrogen and oxygen atoms in total. The maximum absolute atomic E-state index is 11.7. The van der Waals surface area contributed by atoms with Crippen LogP contribution in [0.1, 0.15) is 11.3 Å². The van der Waals surface area contributed by atoms with E-state index in [2.05, 4.69) is 21.6 Å². The fraction of sp³-hybridized carbons (Fsp3) is 0.154. The molecule has 0 bridgehead atoms. The minimum Gasteiger partial charge on any atom is -0.326 e. The molecule has 5 heteroatoms. The van der Waals surface area contributed by atoms with Crippen LogP contribution >= 0.6 is 0 Å². The number of anilines is 1. The number of hydrogen-bond acceptors (Lipinski definition) is 3. The van der Waals surface area contributed by atoms with Gasteiger partial charge in [0, 0.05) is 17.6 Å². The molecule has 0 aliphatic carbocycles. The second-order valence-corrected chi connectivity index (χ2v) is 3.84. The second kappa shape index (κ2) is 5.64. The van der Waals surface area contributed by atoms with Crippen molar-refractivity contribution in [2.75, 3.05) is 5.32 Å². The Bertz CT molecular complexity index is 552. The van der Waals surface area contributed by atoms with Crippen LogP contribution in [-0.2, 0) is 17.6 Å². The molecule has 0 saturated heterocycles. The molecule has 0 fully saturated rings. The molecule has 1 aromatic heterocycles. The van der Waals surface area contributed by atoms with Crippen LogP contribution in [-0.4, -0.2) is 16.1 Å². The Morgan fingerprint density at radius 2 is 2.11 bits per heavy atom. The van der Waals surface area contributed by atoms with E-state index in [4.69, 9.17) is 5.26 Å². The monoisotopic (exact) mass is 240 g/mol. The summed E-state index contributed by atoms with van der Waals surface area (Å²) in [6.07, 6.45) is 2.25. The van der Waals surface area contributed by atoms with Gasteiger partial charge in [0.2, 0.25) is 5.91 Å². The smallest absolute Gasteiger partial charge is 0.230 e. The van der Waals surface area contributed by atoms with Gasteiger partial charge in [0.05, 0.1) is 18.9 Å². The van der Waals surface area contributed by atoms with Gasteiger partial charge in [0.25, 0.3) is 0 Å². The maximum Gasteiger partial charge on any atom is 0.230 e. The molecule has 2 rings (SSSR count). The molecule has 0 aliphatic heterocycles. The molecule has 0 unspecified atom stereocenters. The van der Waals surface area contributed by atoms with Crippen molar-refractivity contribution in [3.63, 3.8) is 0 Å². The summed E-state index contributed by atoms with van der Waals surface area (Å²) in [5.41, 5.74) is 2.43. The Morgan fingerprint density at radius 1 is 1.33 bits per heavy atom. The number of H-pyrrole nitrogens is 1. The number of carbonyl (C=O) groups excluding carboxylic acids is 1. The van der Waals surface area contributed by atoms with E-state index in [1.165, 1.54) is 0 Å². The topological polar surface area (TPSA) is 81.6 Å². The third-order valence-electron chi connectivity index (χ3n) is 2.43. The summed E-state index contributed by atoms with van der Waals surface area (Å²) < 4.78 is 0. The van der Waals surface area contributed by atoms with Gasteiger partial charge in [0.1, 0.15) is 0 Å². The van der Waals surface area contributed by atoms with Gasteiger partial charge in [0.15, 0.2) is 0 Å². The molecule has 0 spiro atoms. The van der Waals surface area contributed by atoms with Gasteiger partial charge in [-0.05, 0) is 23.8 Å². The first kappa shape index (κ1) is 11.9. The van der Waals surface area contributed by atoms with Crippen molar-refractivity contribution in [2.24, 2.45) is 0 Å². The van der Waals surface area contributed by atoms with Crippen molar-refractivity contribution < 1.29 is 4.79 Å². The lowest BCUT2D eigenvalue weighted by Gasteiger charge is -2.04. The van der Waals surface area contributed by atoms with Crippen molar-refractivity contribution >= 4 is 11.6 Å². The van der Waals surface area contributed by atoms with Crippen molar-refractivity contribution in [1.82, 2.24) is 10.2 Å². The average Bonchev–Trinajstić information content (AvgIpc) is 2.84. The molecule has 18 heavy (non-hydrogen) atoms. The molecule has 0 atom stereocenters. The zero-order valence-electron chi connectivity index (χ0n) is 9.68. The van der Waals surface area contributed by atoms with Crippen LogP contribution in [0.2, 0.25) is 0 Å². The highest BCUT2D eigenvalue weighted by atomic mass is 16.1. The molecule has 1 amide bonds. The Balaban J connectivity index is 1.93. The van der Waals surface area contributed by atoms with Crippen molar-refractivity contribution in [3.8, 4) is 6.07 Å². The highest BCUT2D eigenvalue weighted by molar-refractivity contribution is 5.91. The molecule has 2 N–H and O–H groups in total. The molecule has 90 valence electrons. The maximum atomic E-state index is 11.7. The van der Waals surface area contributed by atoms with Crippen LogP contribution < -0.4 is 5.32 Å². The average molecular weight is 240 g/mol. The fourth-order valence-electron chi connectivity index (χ4n) is 1.56. The number of carbonyl (C=O) groups is 1. The highest BCUT2D eigenvalue weighted by Gasteiger charge is 2.04. The predicted molar refractivity (Wildman–Crippen MR) is 66.7 cm³/mol. The van der Waals surface area contributed by atoms with Crippen molar-refractivity contribution in [2.45, 2.75) is 12.8 Å². The van der Waals surface area contributed by atoms with E-state index in [-0.39, 0.29) is 12.3 Å². The first-order chi connectivity index (χ1) is 8.78. The molecule has 0 saturated carbocycles. The number of rotatable bonds is 4. The minimum absolute atomic E-state index is 0.104. The van der Waals surface area contributed by atoms with Gasteiger partial charge >= 0.3 is 0 Å².